The number of methoxy groups -OCH3 is 1. The third-order valence-electron chi connectivity index (χ3n) is 3.47. The molecule has 0 aromatic carbocycles. The molecule has 0 aliphatic carbocycles. The maximum atomic E-state index is 12.3. The molecule has 2 heterocycles. The zero-order valence-electron chi connectivity index (χ0n) is 12.5. The van der Waals surface area contributed by atoms with Gasteiger partial charge >= 0.3 is 5.97 Å². The fourth-order valence-corrected chi connectivity index (χ4v) is 3.57. The predicted octanol–water partition coefficient (Wildman–Crippen LogP) is 1.18. The number of amides is 1. The van der Waals surface area contributed by atoms with Crippen LogP contribution in [0.2, 0.25) is 0 Å². The van der Waals surface area contributed by atoms with Gasteiger partial charge in [0.25, 0.3) is 0 Å². The highest BCUT2D eigenvalue weighted by atomic mass is 32.2. The molecule has 7 nitrogen and oxygen atoms in total. The second-order valence-electron chi connectivity index (χ2n) is 5.01. The number of carbonyl (C=O) groups excluding carboxylic acids is 2. The maximum Gasteiger partial charge on any atom is 0.339 e. The third-order valence-corrected chi connectivity index (χ3v) is 5.09. The van der Waals surface area contributed by atoms with Crippen LogP contribution >= 0.6 is 0 Å². The Bertz CT molecular complexity index is 699. The number of rotatable bonds is 4. The van der Waals surface area contributed by atoms with Gasteiger partial charge in [0.05, 0.1) is 24.1 Å². The Morgan fingerprint density at radius 3 is 2.77 bits per heavy atom. The zero-order valence-corrected chi connectivity index (χ0v) is 13.4. The Morgan fingerprint density at radius 2 is 2.14 bits per heavy atom. The number of aromatic nitrogens is 1. The molecule has 1 amide bonds. The highest BCUT2D eigenvalue weighted by molar-refractivity contribution is 7.91. The van der Waals surface area contributed by atoms with Gasteiger partial charge in [-0.25, -0.2) is 18.2 Å². The number of esters is 1. The SMILES string of the molecule is CCCCC(=O)N1CCS(=O)(=O)c2ncc(C(=O)OC)cc21. The zero-order chi connectivity index (χ0) is 16.3. The molecule has 0 saturated heterocycles. The molecule has 1 aliphatic heterocycles. The Morgan fingerprint density at radius 1 is 1.41 bits per heavy atom. The second kappa shape index (κ2) is 6.43. The largest absolute Gasteiger partial charge is 0.465 e. The summed E-state index contributed by atoms with van der Waals surface area (Å²) >= 11 is 0. The van der Waals surface area contributed by atoms with Gasteiger partial charge in [-0.2, -0.15) is 0 Å². The summed E-state index contributed by atoms with van der Waals surface area (Å²) in [5, 5.41) is -0.156. The van der Waals surface area contributed by atoms with E-state index in [0.29, 0.717) is 6.42 Å². The lowest BCUT2D eigenvalue weighted by molar-refractivity contribution is -0.118. The summed E-state index contributed by atoms with van der Waals surface area (Å²) in [5.74, 6) is -0.955. The Hall–Kier alpha value is -1.96. The summed E-state index contributed by atoms with van der Waals surface area (Å²) in [4.78, 5) is 29.1. The van der Waals surface area contributed by atoms with E-state index >= 15 is 0 Å². The first kappa shape index (κ1) is 16.4. The molecule has 0 spiro atoms. The van der Waals surface area contributed by atoms with E-state index in [2.05, 4.69) is 9.72 Å². The average molecular weight is 326 g/mol. The van der Waals surface area contributed by atoms with E-state index in [1.165, 1.54) is 18.1 Å². The van der Waals surface area contributed by atoms with E-state index in [0.717, 1.165) is 19.0 Å². The van der Waals surface area contributed by atoms with Crippen LogP contribution in [0.4, 0.5) is 5.69 Å². The fourth-order valence-electron chi connectivity index (χ4n) is 2.25. The van der Waals surface area contributed by atoms with Crippen LogP contribution in [-0.2, 0) is 19.4 Å². The number of nitrogens with zero attached hydrogens (tertiary/aromatic N) is 2. The van der Waals surface area contributed by atoms with Crippen molar-refractivity contribution in [3.05, 3.63) is 17.8 Å². The minimum absolute atomic E-state index is 0.0736. The molecule has 0 unspecified atom stereocenters. The van der Waals surface area contributed by atoms with E-state index in [1.807, 2.05) is 6.92 Å². The molecule has 0 bridgehead atoms. The van der Waals surface area contributed by atoms with Crippen LogP contribution in [0, 0.1) is 0 Å². The van der Waals surface area contributed by atoms with Crippen molar-refractivity contribution in [3.8, 4) is 0 Å². The van der Waals surface area contributed by atoms with Crippen LogP contribution in [0.25, 0.3) is 0 Å². The maximum absolute atomic E-state index is 12.3. The van der Waals surface area contributed by atoms with Crippen LogP contribution in [0.1, 0.15) is 36.5 Å². The lowest BCUT2D eigenvalue weighted by atomic mass is 10.2. The van der Waals surface area contributed by atoms with E-state index in [4.69, 9.17) is 0 Å². The minimum Gasteiger partial charge on any atom is -0.465 e. The highest BCUT2D eigenvalue weighted by Gasteiger charge is 2.33. The average Bonchev–Trinajstić information content (AvgIpc) is 2.51. The Balaban J connectivity index is 2.47. The number of carbonyl (C=O) groups is 2. The monoisotopic (exact) mass is 326 g/mol. The Kier molecular flexibility index (Phi) is 4.80. The molecule has 0 N–H and O–H groups in total. The summed E-state index contributed by atoms with van der Waals surface area (Å²) in [6.45, 7) is 2.04. The van der Waals surface area contributed by atoms with Crippen LogP contribution < -0.4 is 4.90 Å². The van der Waals surface area contributed by atoms with Crippen LogP contribution in [0.15, 0.2) is 17.3 Å². The molecule has 1 aromatic heterocycles. The van der Waals surface area contributed by atoms with Crippen molar-refractivity contribution >= 4 is 27.4 Å². The first-order valence-corrected chi connectivity index (χ1v) is 8.67. The third kappa shape index (κ3) is 3.11. The molecule has 0 saturated carbocycles. The molecule has 1 aliphatic rings. The quantitative estimate of drug-likeness (QED) is 0.771. The van der Waals surface area contributed by atoms with E-state index in [1.54, 1.807) is 0 Å². The molecule has 2 rings (SSSR count). The van der Waals surface area contributed by atoms with Crippen LogP contribution in [-0.4, -0.2) is 44.7 Å². The van der Waals surface area contributed by atoms with E-state index in [-0.39, 0.29) is 34.5 Å². The van der Waals surface area contributed by atoms with Crippen molar-refractivity contribution in [3.63, 3.8) is 0 Å². The van der Waals surface area contributed by atoms with Crippen molar-refractivity contribution in [1.82, 2.24) is 4.98 Å². The number of ether oxygens (including phenoxy) is 1. The lowest BCUT2D eigenvalue weighted by Crippen LogP contribution is -2.40. The number of fused-ring (bicyclic) bond motifs is 1. The predicted molar refractivity (Wildman–Crippen MR) is 79.5 cm³/mol. The van der Waals surface area contributed by atoms with Crippen LogP contribution in [0.5, 0.6) is 0 Å². The van der Waals surface area contributed by atoms with Gasteiger partial charge in [0, 0.05) is 19.2 Å². The summed E-state index contributed by atoms with van der Waals surface area (Å²) in [6.07, 6.45) is 3.08. The molecule has 1 aromatic rings. The standard InChI is InChI=1S/C14H18N2O5S/c1-3-4-5-12(17)16-6-7-22(19,20)13-11(16)8-10(9-15-13)14(18)21-2/h8-9H,3-7H2,1-2H3. The van der Waals surface area contributed by atoms with Gasteiger partial charge in [-0.05, 0) is 12.5 Å². The van der Waals surface area contributed by atoms with Gasteiger partial charge in [0.15, 0.2) is 14.9 Å². The van der Waals surface area contributed by atoms with Crippen molar-refractivity contribution in [2.75, 3.05) is 24.3 Å². The number of pyridine rings is 1. The van der Waals surface area contributed by atoms with Crippen molar-refractivity contribution in [1.29, 1.82) is 0 Å². The highest BCUT2D eigenvalue weighted by Crippen LogP contribution is 2.30. The van der Waals surface area contributed by atoms with Gasteiger partial charge in [-0.15, -0.1) is 0 Å². The topological polar surface area (TPSA) is 93.6 Å². The number of hydrogen-bond donors (Lipinski definition) is 0. The first-order valence-electron chi connectivity index (χ1n) is 7.02. The minimum atomic E-state index is -3.54. The first-order chi connectivity index (χ1) is 10.4. The van der Waals surface area contributed by atoms with Gasteiger partial charge in [0.1, 0.15) is 0 Å². The normalized spacial score (nSPS) is 16.0. The number of unbranched alkanes of at least 4 members (excludes halogenated alkanes) is 1. The van der Waals surface area contributed by atoms with Gasteiger partial charge in [0.2, 0.25) is 5.91 Å². The van der Waals surface area contributed by atoms with Crippen molar-refractivity contribution in [2.45, 2.75) is 31.2 Å². The number of anilines is 1. The molecule has 0 atom stereocenters. The summed E-state index contributed by atoms with van der Waals surface area (Å²) in [7, 11) is -2.31. The van der Waals surface area contributed by atoms with E-state index in [9.17, 15) is 18.0 Å². The number of hydrogen-bond acceptors (Lipinski definition) is 6. The summed E-state index contributed by atoms with van der Waals surface area (Å²) in [6, 6.07) is 1.36. The van der Waals surface area contributed by atoms with Crippen molar-refractivity contribution < 1.29 is 22.7 Å². The Labute approximate surface area is 129 Å². The molecular weight excluding hydrogens is 308 g/mol. The second-order valence-corrected chi connectivity index (χ2v) is 7.03. The smallest absolute Gasteiger partial charge is 0.339 e. The summed E-state index contributed by atoms with van der Waals surface area (Å²) in [5.41, 5.74) is 0.280. The van der Waals surface area contributed by atoms with E-state index < -0.39 is 15.8 Å². The fraction of sp³-hybridized carbons (Fsp3) is 0.500. The molecule has 120 valence electrons. The summed E-state index contributed by atoms with van der Waals surface area (Å²) < 4.78 is 28.8. The molecule has 0 radical (unpaired) electrons. The number of sulfone groups is 1. The lowest BCUT2D eigenvalue weighted by Gasteiger charge is -2.28. The van der Waals surface area contributed by atoms with Gasteiger partial charge in [-0.1, -0.05) is 13.3 Å². The molecule has 8 heteroatoms. The molecule has 0 fully saturated rings. The van der Waals surface area contributed by atoms with Crippen LogP contribution in [0.3, 0.4) is 0 Å². The molecule has 22 heavy (non-hydrogen) atoms. The van der Waals surface area contributed by atoms with Gasteiger partial charge in [-0.3, -0.25) is 4.79 Å². The molecular formula is C14H18N2O5S. The van der Waals surface area contributed by atoms with Crippen molar-refractivity contribution in [2.24, 2.45) is 0 Å². The van der Waals surface area contributed by atoms with Gasteiger partial charge < -0.3 is 9.64 Å².